The van der Waals surface area contributed by atoms with Crippen LogP contribution < -0.4 is 10.1 Å². The number of ether oxygens (including phenoxy) is 1. The Hall–Kier alpha value is -2.60. The zero-order valence-electron chi connectivity index (χ0n) is 14.9. The molecule has 0 bridgehead atoms. The van der Waals surface area contributed by atoms with Crippen LogP contribution in [0, 0.1) is 5.82 Å². The van der Waals surface area contributed by atoms with Gasteiger partial charge in [-0.15, -0.1) is 0 Å². The average molecular weight is 391 g/mol. The molecule has 1 heterocycles. The van der Waals surface area contributed by atoms with Gasteiger partial charge in [0.25, 0.3) is 5.91 Å². The highest BCUT2D eigenvalue weighted by Gasteiger charge is 2.23. The van der Waals surface area contributed by atoms with E-state index in [2.05, 4.69) is 5.32 Å². The highest BCUT2D eigenvalue weighted by atomic mass is 35.5. The molecule has 2 aromatic carbocycles. The van der Waals surface area contributed by atoms with E-state index in [1.807, 2.05) is 0 Å². The summed E-state index contributed by atoms with van der Waals surface area (Å²) in [7, 11) is 1.38. The number of halogens is 2. The summed E-state index contributed by atoms with van der Waals surface area (Å²) in [5.41, 5.74) is 1.26. The number of hydrogen-bond acceptors (Lipinski definition) is 3. The third-order valence-corrected chi connectivity index (χ3v) is 4.70. The Kier molecular flexibility index (Phi) is 5.96. The van der Waals surface area contributed by atoms with Crippen molar-refractivity contribution in [3.05, 3.63) is 58.4 Å². The summed E-state index contributed by atoms with van der Waals surface area (Å²) in [5.74, 6) is -0.910. The summed E-state index contributed by atoms with van der Waals surface area (Å²) in [6.07, 6.45) is 1.91. The van der Waals surface area contributed by atoms with Gasteiger partial charge in [0.1, 0.15) is 0 Å². The van der Waals surface area contributed by atoms with E-state index in [4.69, 9.17) is 16.3 Å². The number of nitrogens with one attached hydrogen (secondary N) is 1. The zero-order valence-corrected chi connectivity index (χ0v) is 15.7. The number of rotatable bonds is 5. The maximum Gasteiger partial charge on any atom is 0.256 e. The Balaban J connectivity index is 1.75. The lowest BCUT2D eigenvalue weighted by Gasteiger charge is -2.18. The number of anilines is 1. The molecule has 0 atom stereocenters. The Labute approximate surface area is 162 Å². The smallest absolute Gasteiger partial charge is 0.256 e. The Morgan fingerprint density at radius 3 is 2.59 bits per heavy atom. The number of methoxy groups -OCH3 is 1. The van der Waals surface area contributed by atoms with E-state index >= 15 is 0 Å². The van der Waals surface area contributed by atoms with Crippen LogP contribution in [0.15, 0.2) is 36.4 Å². The number of amides is 2. The van der Waals surface area contributed by atoms with E-state index in [1.165, 1.54) is 19.2 Å². The summed E-state index contributed by atoms with van der Waals surface area (Å²) < 4.78 is 18.7. The van der Waals surface area contributed by atoms with Crippen molar-refractivity contribution in [2.75, 3.05) is 25.5 Å². The van der Waals surface area contributed by atoms with E-state index in [0.29, 0.717) is 34.9 Å². The van der Waals surface area contributed by atoms with E-state index in [-0.39, 0.29) is 24.0 Å². The summed E-state index contributed by atoms with van der Waals surface area (Å²) in [4.78, 5) is 26.9. The number of likely N-dealkylation sites (tertiary alicyclic amines) is 1. The second kappa shape index (κ2) is 8.39. The quantitative estimate of drug-likeness (QED) is 0.842. The van der Waals surface area contributed by atoms with E-state index in [9.17, 15) is 14.0 Å². The van der Waals surface area contributed by atoms with Crippen LogP contribution >= 0.6 is 11.6 Å². The van der Waals surface area contributed by atoms with Crippen LogP contribution in [0.25, 0.3) is 0 Å². The summed E-state index contributed by atoms with van der Waals surface area (Å²) in [6.45, 7) is 1.40. The van der Waals surface area contributed by atoms with Crippen molar-refractivity contribution in [1.29, 1.82) is 0 Å². The molecular formula is C20H20ClFN2O3. The molecule has 1 aliphatic rings. The molecule has 3 rings (SSSR count). The lowest BCUT2D eigenvalue weighted by atomic mass is 10.1. The standard InChI is InChI=1S/C20H20ClFN2O3/c1-27-18-7-4-13(10-16(18)22)11-19(25)23-17-6-5-14(21)12-15(17)20(26)24-8-2-3-9-24/h4-7,10,12H,2-3,8-9,11H2,1H3,(H,23,25). The van der Waals surface area contributed by atoms with Gasteiger partial charge in [-0.25, -0.2) is 4.39 Å². The van der Waals surface area contributed by atoms with Crippen molar-refractivity contribution in [1.82, 2.24) is 4.90 Å². The number of carbonyl (C=O) groups is 2. The van der Waals surface area contributed by atoms with Gasteiger partial charge in [0.2, 0.25) is 5.91 Å². The fourth-order valence-corrected chi connectivity index (χ4v) is 3.26. The summed E-state index contributed by atoms with van der Waals surface area (Å²) in [5, 5.41) is 3.16. The molecule has 0 saturated carbocycles. The first-order valence-electron chi connectivity index (χ1n) is 8.69. The molecule has 1 fully saturated rings. The molecule has 1 saturated heterocycles. The van der Waals surface area contributed by atoms with Crippen LogP contribution in [-0.4, -0.2) is 36.9 Å². The maximum absolute atomic E-state index is 13.8. The van der Waals surface area contributed by atoms with Gasteiger partial charge < -0.3 is 15.0 Å². The van der Waals surface area contributed by atoms with Crippen molar-refractivity contribution in [3.63, 3.8) is 0 Å². The highest BCUT2D eigenvalue weighted by Crippen LogP contribution is 2.25. The molecule has 142 valence electrons. The van der Waals surface area contributed by atoms with Gasteiger partial charge in [0, 0.05) is 18.1 Å². The van der Waals surface area contributed by atoms with Crippen LogP contribution in [0.1, 0.15) is 28.8 Å². The predicted molar refractivity (Wildman–Crippen MR) is 102 cm³/mol. The van der Waals surface area contributed by atoms with Gasteiger partial charge in [0.05, 0.1) is 24.8 Å². The van der Waals surface area contributed by atoms with Gasteiger partial charge in [-0.2, -0.15) is 0 Å². The Morgan fingerprint density at radius 1 is 1.19 bits per heavy atom. The van der Waals surface area contributed by atoms with Crippen LogP contribution in [-0.2, 0) is 11.2 Å². The first-order valence-corrected chi connectivity index (χ1v) is 9.07. The van der Waals surface area contributed by atoms with Gasteiger partial charge in [-0.1, -0.05) is 17.7 Å². The van der Waals surface area contributed by atoms with E-state index in [0.717, 1.165) is 12.8 Å². The predicted octanol–water partition coefficient (Wildman–Crippen LogP) is 3.90. The topological polar surface area (TPSA) is 58.6 Å². The fraction of sp³-hybridized carbons (Fsp3) is 0.300. The average Bonchev–Trinajstić information content (AvgIpc) is 3.17. The van der Waals surface area contributed by atoms with Crippen molar-refractivity contribution in [2.45, 2.75) is 19.3 Å². The SMILES string of the molecule is COc1ccc(CC(=O)Nc2ccc(Cl)cc2C(=O)N2CCCC2)cc1F. The number of carbonyl (C=O) groups excluding carboxylic acids is 2. The van der Waals surface area contributed by atoms with Crippen molar-refractivity contribution in [3.8, 4) is 5.75 Å². The first kappa shape index (κ1) is 19.2. The van der Waals surface area contributed by atoms with E-state index in [1.54, 1.807) is 29.2 Å². The van der Waals surface area contributed by atoms with Crippen LogP contribution in [0.5, 0.6) is 5.75 Å². The van der Waals surface area contributed by atoms with E-state index < -0.39 is 5.82 Å². The highest BCUT2D eigenvalue weighted by molar-refractivity contribution is 6.31. The molecule has 1 aliphatic heterocycles. The minimum atomic E-state index is -0.529. The Bertz CT molecular complexity index is 866. The molecule has 5 nitrogen and oxygen atoms in total. The molecule has 0 aromatic heterocycles. The second-order valence-corrected chi connectivity index (χ2v) is 6.82. The van der Waals surface area contributed by atoms with Crippen LogP contribution in [0.4, 0.5) is 10.1 Å². The van der Waals surface area contributed by atoms with Gasteiger partial charge in [0.15, 0.2) is 11.6 Å². The molecule has 7 heteroatoms. The maximum atomic E-state index is 13.8. The van der Waals surface area contributed by atoms with Gasteiger partial charge in [-0.3, -0.25) is 9.59 Å². The minimum Gasteiger partial charge on any atom is -0.494 e. The van der Waals surface area contributed by atoms with Gasteiger partial charge >= 0.3 is 0 Å². The van der Waals surface area contributed by atoms with Crippen molar-refractivity contribution < 1.29 is 18.7 Å². The Morgan fingerprint density at radius 2 is 1.93 bits per heavy atom. The number of hydrogen-bond donors (Lipinski definition) is 1. The molecule has 27 heavy (non-hydrogen) atoms. The third-order valence-electron chi connectivity index (χ3n) is 4.46. The van der Waals surface area contributed by atoms with Crippen LogP contribution in [0.3, 0.4) is 0 Å². The lowest BCUT2D eigenvalue weighted by molar-refractivity contribution is -0.115. The molecule has 0 unspecified atom stereocenters. The molecule has 1 N–H and O–H groups in total. The minimum absolute atomic E-state index is 0.0269. The number of nitrogens with zero attached hydrogens (tertiary/aromatic N) is 1. The second-order valence-electron chi connectivity index (χ2n) is 6.38. The molecule has 2 amide bonds. The normalized spacial score (nSPS) is 13.5. The molecule has 0 radical (unpaired) electrons. The lowest BCUT2D eigenvalue weighted by Crippen LogP contribution is -2.29. The molecule has 0 spiro atoms. The number of benzene rings is 2. The van der Waals surface area contributed by atoms with Crippen molar-refractivity contribution in [2.24, 2.45) is 0 Å². The zero-order chi connectivity index (χ0) is 19.4. The molecule has 0 aliphatic carbocycles. The van der Waals surface area contributed by atoms with Crippen molar-refractivity contribution >= 4 is 29.1 Å². The largest absolute Gasteiger partial charge is 0.494 e. The monoisotopic (exact) mass is 390 g/mol. The first-order chi connectivity index (χ1) is 13.0. The molecular weight excluding hydrogens is 371 g/mol. The summed E-state index contributed by atoms with van der Waals surface area (Å²) in [6, 6.07) is 9.15. The van der Waals surface area contributed by atoms with Gasteiger partial charge in [-0.05, 0) is 48.7 Å². The fourth-order valence-electron chi connectivity index (χ4n) is 3.09. The third kappa shape index (κ3) is 4.57. The molecule has 2 aromatic rings. The summed E-state index contributed by atoms with van der Waals surface area (Å²) >= 11 is 6.04. The van der Waals surface area contributed by atoms with Crippen LogP contribution in [0.2, 0.25) is 5.02 Å².